The van der Waals surface area contributed by atoms with Crippen molar-refractivity contribution in [2.75, 3.05) is 37.7 Å². The number of halogens is 2. The second-order valence-electron chi connectivity index (χ2n) is 5.94. The van der Waals surface area contributed by atoms with Crippen molar-refractivity contribution in [1.29, 1.82) is 0 Å². The predicted octanol–water partition coefficient (Wildman–Crippen LogP) is 3.86. The van der Waals surface area contributed by atoms with Gasteiger partial charge in [0.2, 0.25) is 5.91 Å². The van der Waals surface area contributed by atoms with Gasteiger partial charge in [0.1, 0.15) is 6.61 Å². The summed E-state index contributed by atoms with van der Waals surface area (Å²) in [5, 5.41) is 1.10. The third-order valence-corrected chi connectivity index (χ3v) is 4.98. The van der Waals surface area contributed by atoms with Gasteiger partial charge in [-0.15, -0.1) is 0 Å². The van der Waals surface area contributed by atoms with Crippen LogP contribution in [0.1, 0.15) is 5.56 Å². The highest BCUT2D eigenvalue weighted by molar-refractivity contribution is 6.42. The van der Waals surface area contributed by atoms with Crippen molar-refractivity contribution in [3.63, 3.8) is 0 Å². The highest BCUT2D eigenvalue weighted by Crippen LogP contribution is 2.27. The normalized spacial score (nSPS) is 14.6. The SMILES string of the molecule is O=C(COCc1ccccc1)N1CCN(c2ccc(Cl)c(Cl)c2)CC1. The lowest BCUT2D eigenvalue weighted by Gasteiger charge is -2.36. The first-order chi connectivity index (χ1) is 12.1. The smallest absolute Gasteiger partial charge is 0.248 e. The zero-order chi connectivity index (χ0) is 17.6. The van der Waals surface area contributed by atoms with Crippen LogP contribution >= 0.6 is 23.2 Å². The lowest BCUT2D eigenvalue weighted by atomic mass is 10.2. The molecule has 0 unspecified atom stereocenters. The molecule has 0 N–H and O–H groups in total. The summed E-state index contributed by atoms with van der Waals surface area (Å²) in [6, 6.07) is 15.5. The maximum absolute atomic E-state index is 12.3. The minimum absolute atomic E-state index is 0.0321. The Morgan fingerprint density at radius 1 is 0.960 bits per heavy atom. The van der Waals surface area contributed by atoms with Gasteiger partial charge < -0.3 is 14.5 Å². The van der Waals surface area contributed by atoms with E-state index >= 15 is 0 Å². The molecular weight excluding hydrogens is 359 g/mol. The van der Waals surface area contributed by atoms with E-state index in [9.17, 15) is 4.79 Å². The van der Waals surface area contributed by atoms with Gasteiger partial charge in [0, 0.05) is 31.9 Å². The lowest BCUT2D eigenvalue weighted by Crippen LogP contribution is -2.49. The topological polar surface area (TPSA) is 32.8 Å². The van der Waals surface area contributed by atoms with Crippen LogP contribution in [-0.4, -0.2) is 43.6 Å². The minimum Gasteiger partial charge on any atom is -0.368 e. The van der Waals surface area contributed by atoms with Crippen molar-refractivity contribution < 1.29 is 9.53 Å². The van der Waals surface area contributed by atoms with Gasteiger partial charge in [-0.05, 0) is 23.8 Å². The molecule has 4 nitrogen and oxygen atoms in total. The largest absolute Gasteiger partial charge is 0.368 e. The van der Waals surface area contributed by atoms with Gasteiger partial charge in [-0.25, -0.2) is 0 Å². The van der Waals surface area contributed by atoms with E-state index in [0.29, 0.717) is 29.7 Å². The van der Waals surface area contributed by atoms with Gasteiger partial charge in [0.05, 0.1) is 16.7 Å². The molecule has 1 saturated heterocycles. The van der Waals surface area contributed by atoms with E-state index in [1.165, 1.54) is 0 Å². The number of anilines is 1. The first kappa shape index (κ1) is 18.1. The van der Waals surface area contributed by atoms with E-state index in [-0.39, 0.29) is 12.5 Å². The quantitative estimate of drug-likeness (QED) is 0.791. The molecular formula is C19H20Cl2N2O2. The molecule has 0 atom stereocenters. The van der Waals surface area contributed by atoms with Gasteiger partial charge >= 0.3 is 0 Å². The Balaban J connectivity index is 1.45. The summed E-state index contributed by atoms with van der Waals surface area (Å²) in [6.45, 7) is 3.45. The first-order valence-electron chi connectivity index (χ1n) is 8.23. The Morgan fingerprint density at radius 3 is 2.36 bits per heavy atom. The van der Waals surface area contributed by atoms with Crippen molar-refractivity contribution >= 4 is 34.8 Å². The third kappa shape index (κ3) is 4.88. The number of nitrogens with zero attached hydrogens (tertiary/aromatic N) is 2. The summed E-state index contributed by atoms with van der Waals surface area (Å²) in [4.78, 5) is 16.3. The maximum atomic E-state index is 12.3. The molecule has 0 aromatic heterocycles. The Bertz CT molecular complexity index is 717. The summed E-state index contributed by atoms with van der Waals surface area (Å²) in [7, 11) is 0. The van der Waals surface area contributed by atoms with Crippen LogP contribution in [0.25, 0.3) is 0 Å². The van der Waals surface area contributed by atoms with Crippen LogP contribution in [0.5, 0.6) is 0 Å². The molecule has 1 aliphatic heterocycles. The van der Waals surface area contributed by atoms with Crippen LogP contribution in [0.3, 0.4) is 0 Å². The Kier molecular flexibility index (Phi) is 6.19. The van der Waals surface area contributed by atoms with Gasteiger partial charge in [0.25, 0.3) is 0 Å². The molecule has 6 heteroatoms. The van der Waals surface area contributed by atoms with Crippen LogP contribution in [-0.2, 0) is 16.1 Å². The van der Waals surface area contributed by atoms with E-state index < -0.39 is 0 Å². The zero-order valence-electron chi connectivity index (χ0n) is 13.8. The van der Waals surface area contributed by atoms with E-state index in [0.717, 1.165) is 24.3 Å². The molecule has 0 bridgehead atoms. The summed E-state index contributed by atoms with van der Waals surface area (Å²) >= 11 is 12.0. The molecule has 2 aromatic carbocycles. The van der Waals surface area contributed by atoms with Crippen molar-refractivity contribution in [1.82, 2.24) is 4.90 Å². The van der Waals surface area contributed by atoms with Gasteiger partial charge in [-0.2, -0.15) is 0 Å². The lowest BCUT2D eigenvalue weighted by molar-refractivity contribution is -0.136. The number of ether oxygens (including phenoxy) is 1. The highest BCUT2D eigenvalue weighted by atomic mass is 35.5. The van der Waals surface area contributed by atoms with Crippen molar-refractivity contribution in [2.45, 2.75) is 6.61 Å². The number of carbonyl (C=O) groups is 1. The number of amides is 1. The molecule has 1 fully saturated rings. The van der Waals surface area contributed by atoms with Crippen molar-refractivity contribution in [2.24, 2.45) is 0 Å². The Morgan fingerprint density at radius 2 is 1.68 bits per heavy atom. The number of piperazine rings is 1. The molecule has 1 amide bonds. The highest BCUT2D eigenvalue weighted by Gasteiger charge is 2.21. The van der Waals surface area contributed by atoms with Crippen LogP contribution < -0.4 is 4.90 Å². The predicted molar refractivity (Wildman–Crippen MR) is 101 cm³/mol. The van der Waals surface area contributed by atoms with Crippen LogP contribution in [0, 0.1) is 0 Å². The molecule has 132 valence electrons. The van der Waals surface area contributed by atoms with E-state index in [1.807, 2.05) is 47.4 Å². The third-order valence-electron chi connectivity index (χ3n) is 4.24. The second-order valence-corrected chi connectivity index (χ2v) is 6.76. The van der Waals surface area contributed by atoms with Crippen molar-refractivity contribution in [3.8, 4) is 0 Å². The molecule has 0 spiro atoms. The minimum atomic E-state index is 0.0321. The summed E-state index contributed by atoms with van der Waals surface area (Å²) < 4.78 is 5.54. The van der Waals surface area contributed by atoms with E-state index in [4.69, 9.17) is 27.9 Å². The maximum Gasteiger partial charge on any atom is 0.248 e. The average molecular weight is 379 g/mol. The molecule has 3 rings (SSSR count). The number of benzene rings is 2. The van der Waals surface area contributed by atoms with Gasteiger partial charge in [-0.1, -0.05) is 53.5 Å². The number of hydrogen-bond acceptors (Lipinski definition) is 3. The van der Waals surface area contributed by atoms with Gasteiger partial charge in [-0.3, -0.25) is 4.79 Å². The van der Waals surface area contributed by atoms with Crippen molar-refractivity contribution in [3.05, 3.63) is 64.1 Å². The summed E-state index contributed by atoms with van der Waals surface area (Å²) in [5.41, 5.74) is 2.10. The number of hydrogen-bond donors (Lipinski definition) is 0. The Hall–Kier alpha value is -1.75. The fourth-order valence-corrected chi connectivity index (χ4v) is 3.11. The zero-order valence-corrected chi connectivity index (χ0v) is 15.3. The molecule has 0 saturated carbocycles. The van der Waals surface area contributed by atoms with Crippen LogP contribution in [0.2, 0.25) is 10.0 Å². The second kappa shape index (κ2) is 8.56. The van der Waals surface area contributed by atoms with E-state index in [1.54, 1.807) is 6.07 Å². The monoisotopic (exact) mass is 378 g/mol. The fraction of sp³-hybridized carbons (Fsp3) is 0.316. The number of carbonyl (C=O) groups excluding carboxylic acids is 1. The molecule has 0 radical (unpaired) electrons. The fourth-order valence-electron chi connectivity index (χ4n) is 2.82. The summed E-state index contributed by atoms with van der Waals surface area (Å²) in [5.74, 6) is 0.0321. The van der Waals surface area contributed by atoms with E-state index in [2.05, 4.69) is 4.90 Å². The Labute approximate surface area is 157 Å². The molecule has 1 aliphatic rings. The van der Waals surface area contributed by atoms with Crippen LogP contribution in [0.4, 0.5) is 5.69 Å². The molecule has 1 heterocycles. The molecule has 2 aromatic rings. The van der Waals surface area contributed by atoms with Crippen LogP contribution in [0.15, 0.2) is 48.5 Å². The van der Waals surface area contributed by atoms with Gasteiger partial charge in [0.15, 0.2) is 0 Å². The number of rotatable bonds is 5. The molecule has 0 aliphatic carbocycles. The average Bonchev–Trinajstić information content (AvgIpc) is 2.65. The summed E-state index contributed by atoms with van der Waals surface area (Å²) in [6.07, 6.45) is 0. The standard InChI is InChI=1S/C19H20Cl2N2O2/c20-17-7-6-16(12-18(17)21)22-8-10-23(11-9-22)19(24)14-25-13-15-4-2-1-3-5-15/h1-7,12H,8-11,13-14H2. The first-order valence-corrected chi connectivity index (χ1v) is 8.98. The molecule has 25 heavy (non-hydrogen) atoms.